The predicted molar refractivity (Wildman–Crippen MR) is 119 cm³/mol. The molecule has 1 fully saturated rings. The standard InChI is InChI=1S/C22H28BrNO4S/c1-2-17-3-5-18(6-4-17)13-24(20-11-12-29(26,27)16-20)14-21(25)15-28-22-9-7-19(23)8-10-22/h3-10,20-21,25H,2,11-16H2,1H3. The molecular weight excluding hydrogens is 454 g/mol. The van der Waals surface area contributed by atoms with E-state index >= 15 is 0 Å². The van der Waals surface area contributed by atoms with Crippen LogP contribution in [-0.2, 0) is 22.8 Å². The summed E-state index contributed by atoms with van der Waals surface area (Å²) in [6.45, 7) is 3.25. The number of hydrogen-bond acceptors (Lipinski definition) is 5. The van der Waals surface area contributed by atoms with Crippen LogP contribution in [0.25, 0.3) is 0 Å². The Morgan fingerprint density at radius 1 is 1.14 bits per heavy atom. The number of ether oxygens (including phenoxy) is 1. The lowest BCUT2D eigenvalue weighted by molar-refractivity contribution is 0.0525. The minimum atomic E-state index is -3.00. The van der Waals surface area contributed by atoms with E-state index in [1.54, 1.807) is 0 Å². The Bertz CT molecular complexity index is 884. The van der Waals surface area contributed by atoms with Crippen LogP contribution in [-0.4, -0.2) is 55.2 Å². The molecule has 2 aromatic carbocycles. The summed E-state index contributed by atoms with van der Waals surface area (Å²) in [5.41, 5.74) is 2.39. The van der Waals surface area contributed by atoms with Crippen molar-refractivity contribution in [1.82, 2.24) is 4.90 Å². The normalized spacial score (nSPS) is 19.4. The van der Waals surface area contributed by atoms with Crippen molar-refractivity contribution in [3.05, 3.63) is 64.1 Å². The number of rotatable bonds is 9. The van der Waals surface area contributed by atoms with Gasteiger partial charge < -0.3 is 9.84 Å². The van der Waals surface area contributed by atoms with E-state index in [-0.39, 0.29) is 24.2 Å². The second-order valence-electron chi connectivity index (χ2n) is 7.58. The van der Waals surface area contributed by atoms with E-state index in [0.29, 0.717) is 25.3 Å². The molecule has 1 N–H and O–H groups in total. The summed E-state index contributed by atoms with van der Waals surface area (Å²) < 4.78 is 30.6. The van der Waals surface area contributed by atoms with Crippen LogP contribution in [0.5, 0.6) is 5.75 Å². The van der Waals surface area contributed by atoms with Crippen LogP contribution < -0.4 is 4.74 Å². The van der Waals surface area contributed by atoms with Crippen LogP contribution in [0.2, 0.25) is 0 Å². The van der Waals surface area contributed by atoms with Crippen molar-refractivity contribution < 1.29 is 18.3 Å². The average Bonchev–Trinajstić information content (AvgIpc) is 3.07. The van der Waals surface area contributed by atoms with Gasteiger partial charge in [-0.05, 0) is 48.2 Å². The monoisotopic (exact) mass is 481 g/mol. The first kappa shape index (κ1) is 22.3. The first-order valence-electron chi connectivity index (χ1n) is 9.93. The van der Waals surface area contributed by atoms with Gasteiger partial charge in [0.15, 0.2) is 9.84 Å². The summed E-state index contributed by atoms with van der Waals surface area (Å²) in [7, 11) is -3.00. The van der Waals surface area contributed by atoms with Crippen molar-refractivity contribution in [1.29, 1.82) is 0 Å². The smallest absolute Gasteiger partial charge is 0.151 e. The molecule has 3 rings (SSSR count). The largest absolute Gasteiger partial charge is 0.491 e. The SMILES string of the molecule is CCc1ccc(CN(CC(O)COc2ccc(Br)cc2)C2CCS(=O)(=O)C2)cc1. The van der Waals surface area contributed by atoms with Crippen LogP contribution >= 0.6 is 15.9 Å². The van der Waals surface area contributed by atoms with Gasteiger partial charge >= 0.3 is 0 Å². The Labute approximate surface area is 181 Å². The first-order chi connectivity index (χ1) is 13.8. The topological polar surface area (TPSA) is 66.8 Å². The molecule has 0 aliphatic carbocycles. The number of benzene rings is 2. The predicted octanol–water partition coefficient (Wildman–Crippen LogP) is 3.44. The summed E-state index contributed by atoms with van der Waals surface area (Å²) in [5.74, 6) is 1.06. The molecule has 2 atom stereocenters. The van der Waals surface area contributed by atoms with Gasteiger partial charge in [-0.25, -0.2) is 8.42 Å². The molecule has 2 aromatic rings. The van der Waals surface area contributed by atoms with E-state index in [9.17, 15) is 13.5 Å². The van der Waals surface area contributed by atoms with E-state index in [1.807, 2.05) is 24.3 Å². The van der Waals surface area contributed by atoms with Crippen molar-refractivity contribution in [2.75, 3.05) is 24.7 Å². The molecule has 158 valence electrons. The zero-order chi connectivity index (χ0) is 20.9. The number of aliphatic hydroxyl groups is 1. The molecule has 0 radical (unpaired) electrons. The van der Waals surface area contributed by atoms with Gasteiger partial charge in [0.1, 0.15) is 18.5 Å². The van der Waals surface area contributed by atoms with Crippen molar-refractivity contribution in [2.24, 2.45) is 0 Å². The molecule has 0 amide bonds. The third-order valence-corrected chi connectivity index (χ3v) is 7.52. The highest BCUT2D eigenvalue weighted by Gasteiger charge is 2.33. The Balaban J connectivity index is 1.64. The van der Waals surface area contributed by atoms with E-state index in [0.717, 1.165) is 16.5 Å². The summed E-state index contributed by atoms with van der Waals surface area (Å²) in [6.07, 6.45) is 0.879. The maximum absolute atomic E-state index is 12.0. The molecular formula is C22H28BrNO4S. The summed E-state index contributed by atoms with van der Waals surface area (Å²) in [5, 5.41) is 10.6. The van der Waals surface area contributed by atoms with Gasteiger partial charge in [-0.3, -0.25) is 4.90 Å². The minimum Gasteiger partial charge on any atom is -0.491 e. The molecule has 1 aliphatic heterocycles. The summed E-state index contributed by atoms with van der Waals surface area (Å²) in [4.78, 5) is 2.08. The molecule has 7 heteroatoms. The lowest BCUT2D eigenvalue weighted by Crippen LogP contribution is -2.42. The third kappa shape index (κ3) is 6.81. The Kier molecular flexibility index (Phi) is 7.73. The van der Waals surface area contributed by atoms with Crippen LogP contribution in [0.1, 0.15) is 24.5 Å². The lowest BCUT2D eigenvalue weighted by atomic mass is 10.1. The van der Waals surface area contributed by atoms with Crippen molar-refractivity contribution in [2.45, 2.75) is 38.5 Å². The minimum absolute atomic E-state index is 0.0758. The first-order valence-corrected chi connectivity index (χ1v) is 12.5. The third-order valence-electron chi connectivity index (χ3n) is 5.24. The highest BCUT2D eigenvalue weighted by atomic mass is 79.9. The van der Waals surface area contributed by atoms with Gasteiger partial charge in [-0.15, -0.1) is 0 Å². The maximum Gasteiger partial charge on any atom is 0.151 e. The Morgan fingerprint density at radius 3 is 2.38 bits per heavy atom. The highest BCUT2D eigenvalue weighted by molar-refractivity contribution is 9.10. The molecule has 5 nitrogen and oxygen atoms in total. The van der Waals surface area contributed by atoms with Crippen LogP contribution in [0, 0.1) is 0 Å². The fraction of sp³-hybridized carbons (Fsp3) is 0.455. The summed E-state index contributed by atoms with van der Waals surface area (Å²) in [6, 6.07) is 15.8. The van der Waals surface area contributed by atoms with Crippen LogP contribution in [0.4, 0.5) is 0 Å². The van der Waals surface area contributed by atoms with Gasteiger partial charge in [0.05, 0.1) is 11.5 Å². The quantitative estimate of drug-likeness (QED) is 0.593. The molecule has 0 spiro atoms. The number of nitrogens with zero attached hydrogens (tertiary/aromatic N) is 1. The molecule has 1 heterocycles. The molecule has 1 saturated heterocycles. The number of halogens is 1. The molecule has 0 saturated carbocycles. The number of hydrogen-bond donors (Lipinski definition) is 1. The fourth-order valence-corrected chi connectivity index (χ4v) is 5.59. The summed E-state index contributed by atoms with van der Waals surface area (Å²) >= 11 is 3.38. The molecule has 2 unspecified atom stereocenters. The molecule has 0 bridgehead atoms. The molecule has 1 aliphatic rings. The van der Waals surface area contributed by atoms with Gasteiger partial charge in [-0.1, -0.05) is 47.1 Å². The lowest BCUT2D eigenvalue weighted by Gasteiger charge is -2.30. The van der Waals surface area contributed by atoms with E-state index in [4.69, 9.17) is 4.74 Å². The fourth-order valence-electron chi connectivity index (χ4n) is 3.57. The highest BCUT2D eigenvalue weighted by Crippen LogP contribution is 2.21. The van der Waals surface area contributed by atoms with Crippen molar-refractivity contribution >= 4 is 25.8 Å². The van der Waals surface area contributed by atoms with E-state index in [2.05, 4.69) is 52.0 Å². The van der Waals surface area contributed by atoms with E-state index in [1.165, 1.54) is 5.56 Å². The average molecular weight is 482 g/mol. The molecule has 0 aromatic heterocycles. The second-order valence-corrected chi connectivity index (χ2v) is 10.7. The Morgan fingerprint density at radius 2 is 1.79 bits per heavy atom. The van der Waals surface area contributed by atoms with Gasteiger partial charge in [0.25, 0.3) is 0 Å². The number of aliphatic hydroxyl groups excluding tert-OH is 1. The van der Waals surface area contributed by atoms with E-state index < -0.39 is 15.9 Å². The zero-order valence-corrected chi connectivity index (χ0v) is 19.0. The number of sulfone groups is 1. The van der Waals surface area contributed by atoms with Gasteiger partial charge in [-0.2, -0.15) is 0 Å². The van der Waals surface area contributed by atoms with Crippen molar-refractivity contribution in [3.8, 4) is 5.75 Å². The van der Waals surface area contributed by atoms with Crippen LogP contribution in [0.15, 0.2) is 53.0 Å². The molecule has 29 heavy (non-hydrogen) atoms. The van der Waals surface area contributed by atoms with Crippen molar-refractivity contribution in [3.63, 3.8) is 0 Å². The van der Waals surface area contributed by atoms with Gasteiger partial charge in [0, 0.05) is 23.6 Å². The Hall–Kier alpha value is -1.41. The number of aryl methyl sites for hydroxylation is 1. The second kappa shape index (κ2) is 10.1. The van der Waals surface area contributed by atoms with Crippen LogP contribution in [0.3, 0.4) is 0 Å². The zero-order valence-electron chi connectivity index (χ0n) is 16.6. The maximum atomic E-state index is 12.0. The van der Waals surface area contributed by atoms with Gasteiger partial charge in [0.2, 0.25) is 0 Å².